The number of benzene rings is 1. The van der Waals surface area contributed by atoms with Crippen molar-refractivity contribution in [2.45, 2.75) is 32.2 Å². The number of nitrogens with one attached hydrogen (secondary N) is 1. The molecule has 0 amide bonds. The van der Waals surface area contributed by atoms with Crippen molar-refractivity contribution in [2.75, 3.05) is 33.4 Å². The van der Waals surface area contributed by atoms with Crippen molar-refractivity contribution in [3.63, 3.8) is 0 Å². The number of unbranched alkanes of at least 4 members (excludes halogenated alkanes) is 2. The van der Waals surface area contributed by atoms with Crippen molar-refractivity contribution in [1.82, 2.24) is 5.32 Å². The molecular formula is C18H33N7O2. The SMILES string of the molecule is COc1ccc(OCCCN=C(N)N)c(CNCCCCCN=C(N)N)c1. The monoisotopic (exact) mass is 379 g/mol. The van der Waals surface area contributed by atoms with Gasteiger partial charge in [0.25, 0.3) is 0 Å². The predicted molar refractivity (Wildman–Crippen MR) is 110 cm³/mol. The smallest absolute Gasteiger partial charge is 0.185 e. The van der Waals surface area contributed by atoms with Gasteiger partial charge in [0.2, 0.25) is 0 Å². The van der Waals surface area contributed by atoms with Gasteiger partial charge in [0, 0.05) is 31.6 Å². The average molecular weight is 380 g/mol. The number of rotatable bonds is 14. The van der Waals surface area contributed by atoms with Gasteiger partial charge in [-0.2, -0.15) is 0 Å². The summed E-state index contributed by atoms with van der Waals surface area (Å²) in [4.78, 5) is 7.92. The van der Waals surface area contributed by atoms with E-state index in [1.165, 1.54) is 0 Å². The van der Waals surface area contributed by atoms with Crippen LogP contribution in [0.15, 0.2) is 28.2 Å². The van der Waals surface area contributed by atoms with Crippen LogP contribution in [0.2, 0.25) is 0 Å². The first kappa shape index (κ1) is 22.4. The van der Waals surface area contributed by atoms with E-state index in [0.717, 1.165) is 49.3 Å². The van der Waals surface area contributed by atoms with Crippen molar-refractivity contribution in [3.8, 4) is 11.5 Å². The Morgan fingerprint density at radius 2 is 1.67 bits per heavy atom. The normalized spacial score (nSPS) is 10.3. The third-order valence-electron chi connectivity index (χ3n) is 3.74. The Morgan fingerprint density at radius 1 is 0.963 bits per heavy atom. The maximum absolute atomic E-state index is 5.87. The summed E-state index contributed by atoms with van der Waals surface area (Å²) in [5.74, 6) is 1.89. The summed E-state index contributed by atoms with van der Waals surface area (Å²) in [6.45, 7) is 3.38. The van der Waals surface area contributed by atoms with E-state index in [-0.39, 0.29) is 11.9 Å². The number of nitrogens with zero attached hydrogens (tertiary/aromatic N) is 2. The van der Waals surface area contributed by atoms with Crippen LogP contribution in [0.1, 0.15) is 31.2 Å². The van der Waals surface area contributed by atoms with Crippen molar-refractivity contribution in [1.29, 1.82) is 0 Å². The van der Waals surface area contributed by atoms with E-state index >= 15 is 0 Å². The lowest BCUT2D eigenvalue weighted by molar-refractivity contribution is 0.308. The molecule has 1 aromatic carbocycles. The van der Waals surface area contributed by atoms with Crippen molar-refractivity contribution < 1.29 is 9.47 Å². The lowest BCUT2D eigenvalue weighted by atomic mass is 10.1. The van der Waals surface area contributed by atoms with E-state index < -0.39 is 0 Å². The molecule has 0 aromatic heterocycles. The Morgan fingerprint density at radius 3 is 2.33 bits per heavy atom. The molecule has 9 N–H and O–H groups in total. The molecule has 1 aromatic rings. The van der Waals surface area contributed by atoms with Gasteiger partial charge in [-0.1, -0.05) is 6.42 Å². The molecule has 0 atom stereocenters. The molecule has 9 heteroatoms. The van der Waals surface area contributed by atoms with Gasteiger partial charge < -0.3 is 37.7 Å². The number of guanidine groups is 2. The van der Waals surface area contributed by atoms with E-state index in [0.29, 0.717) is 26.2 Å². The minimum Gasteiger partial charge on any atom is -0.497 e. The fourth-order valence-electron chi connectivity index (χ4n) is 2.39. The van der Waals surface area contributed by atoms with E-state index in [1.807, 2.05) is 18.2 Å². The molecule has 0 aliphatic rings. The summed E-state index contributed by atoms with van der Waals surface area (Å²) in [6, 6.07) is 5.79. The quantitative estimate of drug-likeness (QED) is 0.176. The second-order valence-corrected chi connectivity index (χ2v) is 6.03. The predicted octanol–water partition coefficient (Wildman–Crippen LogP) is 0.271. The summed E-state index contributed by atoms with van der Waals surface area (Å²) in [5.41, 5.74) is 22.3. The maximum atomic E-state index is 5.87. The highest BCUT2D eigenvalue weighted by molar-refractivity contribution is 5.75. The van der Waals surface area contributed by atoms with Gasteiger partial charge in [-0.3, -0.25) is 9.98 Å². The second-order valence-electron chi connectivity index (χ2n) is 6.03. The molecule has 0 saturated heterocycles. The van der Waals surface area contributed by atoms with Crippen LogP contribution in [0.25, 0.3) is 0 Å². The molecule has 0 aliphatic heterocycles. The zero-order valence-electron chi connectivity index (χ0n) is 16.1. The summed E-state index contributed by atoms with van der Waals surface area (Å²) >= 11 is 0. The third-order valence-corrected chi connectivity index (χ3v) is 3.74. The molecule has 152 valence electrons. The van der Waals surface area contributed by atoms with Crippen LogP contribution in [0.4, 0.5) is 0 Å². The van der Waals surface area contributed by atoms with Crippen LogP contribution >= 0.6 is 0 Å². The molecule has 9 nitrogen and oxygen atoms in total. The minimum atomic E-state index is 0.0997. The van der Waals surface area contributed by atoms with Crippen molar-refractivity contribution in [2.24, 2.45) is 32.9 Å². The molecule has 1 rings (SSSR count). The van der Waals surface area contributed by atoms with Crippen molar-refractivity contribution in [3.05, 3.63) is 23.8 Å². The van der Waals surface area contributed by atoms with Gasteiger partial charge in [0.15, 0.2) is 11.9 Å². The first-order valence-corrected chi connectivity index (χ1v) is 9.14. The topological polar surface area (TPSA) is 159 Å². The Bertz CT molecular complexity index is 597. The largest absolute Gasteiger partial charge is 0.497 e. The first-order valence-electron chi connectivity index (χ1n) is 9.14. The Hall–Kier alpha value is -2.68. The number of nitrogens with two attached hydrogens (primary N) is 4. The summed E-state index contributed by atoms with van der Waals surface area (Å²) in [5, 5.41) is 3.43. The van der Waals surface area contributed by atoms with Crippen LogP contribution in [0, 0.1) is 0 Å². The number of ether oxygens (including phenoxy) is 2. The van der Waals surface area contributed by atoms with E-state index in [1.54, 1.807) is 7.11 Å². The van der Waals surface area contributed by atoms with Gasteiger partial charge in [0.1, 0.15) is 11.5 Å². The first-order chi connectivity index (χ1) is 13.0. The summed E-state index contributed by atoms with van der Waals surface area (Å²) < 4.78 is 11.2. The number of methoxy groups -OCH3 is 1. The van der Waals surface area contributed by atoms with E-state index in [9.17, 15) is 0 Å². The van der Waals surface area contributed by atoms with Gasteiger partial charge in [-0.25, -0.2) is 0 Å². The summed E-state index contributed by atoms with van der Waals surface area (Å²) in [6.07, 6.45) is 3.84. The van der Waals surface area contributed by atoms with Gasteiger partial charge in [0.05, 0.1) is 13.7 Å². The zero-order chi connectivity index (χ0) is 19.9. The van der Waals surface area contributed by atoms with Crippen LogP contribution in [0.5, 0.6) is 11.5 Å². The van der Waals surface area contributed by atoms with Gasteiger partial charge >= 0.3 is 0 Å². The van der Waals surface area contributed by atoms with Crippen LogP contribution in [-0.4, -0.2) is 45.3 Å². The molecule has 27 heavy (non-hydrogen) atoms. The molecule has 0 heterocycles. The fourth-order valence-corrected chi connectivity index (χ4v) is 2.39. The molecule has 0 saturated carbocycles. The average Bonchev–Trinajstić information content (AvgIpc) is 2.63. The fraction of sp³-hybridized carbons (Fsp3) is 0.556. The third kappa shape index (κ3) is 10.8. The van der Waals surface area contributed by atoms with Crippen LogP contribution < -0.4 is 37.7 Å². The Kier molecular flexibility index (Phi) is 11.2. The van der Waals surface area contributed by atoms with E-state index in [4.69, 9.17) is 32.4 Å². The van der Waals surface area contributed by atoms with E-state index in [2.05, 4.69) is 15.3 Å². The molecule has 0 unspecified atom stereocenters. The Balaban J connectivity index is 2.38. The van der Waals surface area contributed by atoms with Crippen molar-refractivity contribution >= 4 is 11.9 Å². The molecule has 0 radical (unpaired) electrons. The number of hydrogen-bond acceptors (Lipinski definition) is 5. The number of aliphatic imine (C=N–C) groups is 2. The standard InChI is InChI=1S/C18H33N7O2/c1-26-15-6-7-16(27-11-5-10-25-18(21)22)14(12-15)13-23-8-3-2-4-9-24-17(19)20/h6-7,12,23H,2-5,8-11,13H2,1H3,(H4,19,20,24)(H4,21,22,25). The molecule has 0 spiro atoms. The number of hydrogen-bond donors (Lipinski definition) is 5. The van der Waals surface area contributed by atoms with Crippen LogP contribution in [0.3, 0.4) is 0 Å². The zero-order valence-corrected chi connectivity index (χ0v) is 16.1. The van der Waals surface area contributed by atoms with Gasteiger partial charge in [-0.05, 0) is 37.6 Å². The molecule has 0 aliphatic carbocycles. The Labute approximate surface area is 161 Å². The molecule has 0 bridgehead atoms. The summed E-state index contributed by atoms with van der Waals surface area (Å²) in [7, 11) is 1.65. The van der Waals surface area contributed by atoms with Crippen LogP contribution in [-0.2, 0) is 6.54 Å². The minimum absolute atomic E-state index is 0.0997. The molecule has 0 fully saturated rings. The molecular weight excluding hydrogens is 346 g/mol. The highest BCUT2D eigenvalue weighted by Gasteiger charge is 2.06. The lowest BCUT2D eigenvalue weighted by Gasteiger charge is -2.13. The second kappa shape index (κ2) is 13.5. The maximum Gasteiger partial charge on any atom is 0.185 e. The highest BCUT2D eigenvalue weighted by atomic mass is 16.5. The highest BCUT2D eigenvalue weighted by Crippen LogP contribution is 2.24. The lowest BCUT2D eigenvalue weighted by Crippen LogP contribution is -2.23. The van der Waals surface area contributed by atoms with Gasteiger partial charge in [-0.15, -0.1) is 0 Å².